The number of nitrogens with zero attached hydrogens (tertiary/aromatic N) is 2. The molecule has 0 amide bonds. The lowest BCUT2D eigenvalue weighted by atomic mass is 9.43. The number of rotatable bonds is 1. The van der Waals surface area contributed by atoms with Gasteiger partial charge in [-0.1, -0.05) is 114 Å². The molecule has 0 unspecified atom stereocenters. The lowest BCUT2D eigenvalue weighted by Crippen LogP contribution is -2.60. The molecule has 3 aromatic heterocycles. The van der Waals surface area contributed by atoms with Gasteiger partial charge in [-0.05, 0) is 93.0 Å². The van der Waals surface area contributed by atoms with E-state index in [2.05, 4.69) is 178 Å². The van der Waals surface area contributed by atoms with Crippen LogP contribution in [0, 0.1) is 0 Å². The van der Waals surface area contributed by atoms with Gasteiger partial charge in [0, 0.05) is 73.7 Å². The van der Waals surface area contributed by atoms with Crippen LogP contribution in [-0.4, -0.2) is 11.4 Å². The first-order chi connectivity index (χ1) is 26.5. The highest BCUT2D eigenvalue weighted by atomic mass is 32.1. The fourth-order valence-electron chi connectivity index (χ4n) is 9.70. The third kappa shape index (κ3) is 4.31. The highest BCUT2D eigenvalue weighted by molar-refractivity contribution is 7.26. The fourth-order valence-corrected chi connectivity index (χ4v) is 11.9. The SMILES string of the molecule is CC(C)(C)c1ccc(N2B3c4cc(C(C)(C)C)ccc4-n4c5cc6sc7ccccc7c6cc5c5ccc(c3c54)-c3cc4sc5ccccc5c4cc32)cc1. The van der Waals surface area contributed by atoms with Gasteiger partial charge in [0.05, 0.1) is 11.0 Å². The third-order valence-electron chi connectivity index (χ3n) is 12.5. The number of aromatic nitrogens is 1. The topological polar surface area (TPSA) is 8.17 Å². The highest BCUT2D eigenvalue weighted by Crippen LogP contribution is 2.49. The molecule has 55 heavy (non-hydrogen) atoms. The summed E-state index contributed by atoms with van der Waals surface area (Å²) in [5.41, 5.74) is 14.6. The Bertz CT molecular complexity index is 3290. The normalized spacial score (nSPS) is 13.9. The Morgan fingerprint density at radius 3 is 1.80 bits per heavy atom. The van der Waals surface area contributed by atoms with Crippen molar-refractivity contribution in [3.05, 3.63) is 139 Å². The molecule has 7 aromatic carbocycles. The minimum absolute atomic E-state index is 0.000339. The Hall–Kier alpha value is -5.36. The van der Waals surface area contributed by atoms with E-state index in [0.29, 0.717) is 0 Å². The van der Waals surface area contributed by atoms with Crippen LogP contribution in [0.25, 0.3) is 79.0 Å². The Labute approximate surface area is 329 Å². The van der Waals surface area contributed by atoms with E-state index in [1.807, 2.05) is 22.7 Å². The number of hydrogen-bond donors (Lipinski definition) is 0. The van der Waals surface area contributed by atoms with Crippen LogP contribution in [0.2, 0.25) is 0 Å². The van der Waals surface area contributed by atoms with E-state index in [0.717, 1.165) is 0 Å². The minimum atomic E-state index is -0.00917. The average Bonchev–Trinajstić information content (AvgIpc) is 3.83. The molecule has 0 saturated carbocycles. The fraction of sp³-hybridized carbons (Fsp3) is 0.160. The Morgan fingerprint density at radius 1 is 0.473 bits per heavy atom. The van der Waals surface area contributed by atoms with Crippen LogP contribution in [0.3, 0.4) is 0 Å². The lowest BCUT2D eigenvalue weighted by molar-refractivity contribution is 0.590. The molecular formula is C50H39BN2S2. The first-order valence-electron chi connectivity index (χ1n) is 19.5. The van der Waals surface area contributed by atoms with Crippen molar-refractivity contribution < 1.29 is 0 Å². The van der Waals surface area contributed by atoms with Crippen molar-refractivity contribution in [3.8, 4) is 16.8 Å². The highest BCUT2D eigenvalue weighted by Gasteiger charge is 2.44. The number of thiophene rings is 2. The van der Waals surface area contributed by atoms with Crippen molar-refractivity contribution in [2.24, 2.45) is 0 Å². The van der Waals surface area contributed by atoms with Crippen molar-refractivity contribution >= 4 is 114 Å². The summed E-state index contributed by atoms with van der Waals surface area (Å²) in [5, 5.41) is 8.02. The van der Waals surface area contributed by atoms with Crippen molar-refractivity contribution in [2.45, 2.75) is 52.4 Å². The second kappa shape index (κ2) is 10.7. The predicted octanol–water partition coefficient (Wildman–Crippen LogP) is 13.4. The molecular weight excluding hydrogens is 704 g/mol. The maximum atomic E-state index is 2.69. The molecule has 2 nitrogen and oxygen atoms in total. The van der Waals surface area contributed by atoms with Crippen LogP contribution in [0.4, 0.5) is 11.4 Å². The molecule has 2 aliphatic rings. The molecule has 0 atom stereocenters. The molecule has 2 aliphatic heterocycles. The molecule has 0 N–H and O–H groups in total. The van der Waals surface area contributed by atoms with E-state index in [-0.39, 0.29) is 17.7 Å². The van der Waals surface area contributed by atoms with Gasteiger partial charge in [-0.25, -0.2) is 0 Å². The summed E-state index contributed by atoms with van der Waals surface area (Å²) in [5.74, 6) is 0. The second-order valence-corrected chi connectivity index (χ2v) is 19.9. The molecule has 5 heteroatoms. The molecule has 0 spiro atoms. The zero-order chi connectivity index (χ0) is 37.1. The summed E-state index contributed by atoms with van der Waals surface area (Å²) >= 11 is 3.82. The zero-order valence-electron chi connectivity index (χ0n) is 31.9. The number of hydrogen-bond acceptors (Lipinski definition) is 3. The first kappa shape index (κ1) is 31.9. The largest absolute Gasteiger partial charge is 0.376 e. The van der Waals surface area contributed by atoms with Gasteiger partial charge in [0.2, 0.25) is 0 Å². The lowest BCUT2D eigenvalue weighted by Gasteiger charge is -2.42. The van der Waals surface area contributed by atoms with E-state index >= 15 is 0 Å². The van der Waals surface area contributed by atoms with Gasteiger partial charge in [0.25, 0.3) is 0 Å². The zero-order valence-corrected chi connectivity index (χ0v) is 33.5. The van der Waals surface area contributed by atoms with Crippen LogP contribution in [0.5, 0.6) is 0 Å². The van der Waals surface area contributed by atoms with Crippen LogP contribution in [-0.2, 0) is 10.8 Å². The van der Waals surface area contributed by atoms with Crippen molar-refractivity contribution in [1.82, 2.24) is 4.57 Å². The van der Waals surface area contributed by atoms with Crippen molar-refractivity contribution in [3.63, 3.8) is 0 Å². The van der Waals surface area contributed by atoms with Crippen LogP contribution < -0.4 is 15.7 Å². The maximum Gasteiger partial charge on any atom is 0.333 e. The molecule has 5 heterocycles. The third-order valence-corrected chi connectivity index (χ3v) is 14.8. The Kier molecular flexibility index (Phi) is 6.21. The quantitative estimate of drug-likeness (QED) is 0.152. The monoisotopic (exact) mass is 742 g/mol. The molecule has 0 radical (unpaired) electrons. The van der Waals surface area contributed by atoms with E-state index in [1.165, 1.54) is 112 Å². The van der Waals surface area contributed by atoms with E-state index < -0.39 is 0 Å². The number of fused-ring (bicyclic) bond motifs is 14. The molecule has 10 aromatic rings. The molecule has 12 rings (SSSR count). The van der Waals surface area contributed by atoms with E-state index in [9.17, 15) is 0 Å². The summed E-state index contributed by atoms with van der Waals surface area (Å²) in [7, 11) is 0. The average molecular weight is 743 g/mol. The van der Waals surface area contributed by atoms with Crippen molar-refractivity contribution in [2.75, 3.05) is 4.81 Å². The Balaban J connectivity index is 1.25. The first-order valence-corrected chi connectivity index (χ1v) is 21.1. The van der Waals surface area contributed by atoms with E-state index in [1.54, 1.807) is 0 Å². The van der Waals surface area contributed by atoms with Gasteiger partial charge in [0.1, 0.15) is 0 Å². The standard InChI is InChI=1S/C50H39BN2S2/c1-49(2,3)28-15-18-30(19-16-28)53-42-25-38-32-12-8-10-14-44(32)54-45(38)26-36(42)33-20-21-34-35-24-37-31-11-7-9-13-43(31)55-46(37)27-41(35)52-40-22-17-29(50(4,5)6)23-39(40)51(53)47(33)48(34)52/h7-27H,1-6H3. The number of anilines is 2. The molecule has 0 aliphatic carbocycles. The maximum absolute atomic E-state index is 2.69. The smallest absolute Gasteiger partial charge is 0.333 e. The predicted molar refractivity (Wildman–Crippen MR) is 243 cm³/mol. The minimum Gasteiger partial charge on any atom is -0.376 e. The second-order valence-electron chi connectivity index (χ2n) is 17.8. The Morgan fingerprint density at radius 2 is 1.11 bits per heavy atom. The summed E-state index contributed by atoms with van der Waals surface area (Å²) < 4.78 is 7.99. The van der Waals surface area contributed by atoms with Crippen LogP contribution >= 0.6 is 22.7 Å². The summed E-state index contributed by atoms with van der Waals surface area (Å²) in [4.78, 5) is 2.69. The van der Waals surface area contributed by atoms with Crippen LogP contribution in [0.1, 0.15) is 52.7 Å². The van der Waals surface area contributed by atoms with Gasteiger partial charge in [-0.15, -0.1) is 22.7 Å². The van der Waals surface area contributed by atoms with Gasteiger partial charge in [-0.3, -0.25) is 0 Å². The molecule has 264 valence electrons. The van der Waals surface area contributed by atoms with Gasteiger partial charge >= 0.3 is 6.85 Å². The molecule has 0 fully saturated rings. The molecule has 0 saturated heterocycles. The summed E-state index contributed by atoms with van der Waals surface area (Å²) in [6, 6.07) is 49.4. The van der Waals surface area contributed by atoms with Gasteiger partial charge < -0.3 is 9.38 Å². The van der Waals surface area contributed by atoms with Crippen LogP contribution in [0.15, 0.2) is 127 Å². The number of benzene rings is 7. The van der Waals surface area contributed by atoms with Gasteiger partial charge in [-0.2, -0.15) is 0 Å². The van der Waals surface area contributed by atoms with Gasteiger partial charge in [0.15, 0.2) is 0 Å². The van der Waals surface area contributed by atoms with E-state index in [4.69, 9.17) is 0 Å². The van der Waals surface area contributed by atoms with Crippen molar-refractivity contribution in [1.29, 1.82) is 0 Å². The summed E-state index contributed by atoms with van der Waals surface area (Å²) in [6.45, 7) is 13.9. The molecule has 0 bridgehead atoms. The summed E-state index contributed by atoms with van der Waals surface area (Å²) in [6.07, 6.45) is 0.